The van der Waals surface area contributed by atoms with Crippen LogP contribution in [0.15, 0.2) is 0 Å². The van der Waals surface area contributed by atoms with Crippen molar-refractivity contribution in [1.82, 2.24) is 10.6 Å². The first-order chi connectivity index (χ1) is 7.85. The molecule has 17 heavy (non-hydrogen) atoms. The maximum absolute atomic E-state index is 12.1. The molecule has 0 aliphatic rings. The molecule has 0 aromatic rings. The summed E-state index contributed by atoms with van der Waals surface area (Å²) in [6.45, 7) is 9.07. The zero-order valence-corrected chi connectivity index (χ0v) is 12.5. The molecule has 0 radical (unpaired) electrons. The van der Waals surface area contributed by atoms with Crippen LogP contribution in [-0.4, -0.2) is 42.6 Å². The van der Waals surface area contributed by atoms with Gasteiger partial charge in [-0.1, -0.05) is 6.92 Å². The minimum absolute atomic E-state index is 0.152. The molecule has 0 heterocycles. The van der Waals surface area contributed by atoms with Gasteiger partial charge in [0.2, 0.25) is 0 Å². The SMILES string of the molecule is CSCC(C)CNC(C)(C)C(=O)C(C)NCN. The summed E-state index contributed by atoms with van der Waals surface area (Å²) >= 11 is 1.83. The maximum atomic E-state index is 12.1. The van der Waals surface area contributed by atoms with Crippen LogP contribution in [0, 0.1) is 5.92 Å². The van der Waals surface area contributed by atoms with E-state index in [2.05, 4.69) is 23.8 Å². The summed E-state index contributed by atoms with van der Waals surface area (Å²) in [5, 5.41) is 6.29. The quantitative estimate of drug-likeness (QED) is 0.536. The Morgan fingerprint density at radius 3 is 2.47 bits per heavy atom. The molecular formula is C12H27N3OS. The van der Waals surface area contributed by atoms with Gasteiger partial charge >= 0.3 is 0 Å². The highest BCUT2D eigenvalue weighted by molar-refractivity contribution is 7.98. The van der Waals surface area contributed by atoms with Crippen LogP contribution >= 0.6 is 11.8 Å². The van der Waals surface area contributed by atoms with E-state index in [-0.39, 0.29) is 11.8 Å². The summed E-state index contributed by atoms with van der Waals surface area (Å²) in [7, 11) is 0. The normalized spacial score (nSPS) is 15.6. The Bertz CT molecular complexity index is 234. The number of rotatable bonds is 9. The van der Waals surface area contributed by atoms with Gasteiger partial charge in [0.05, 0.1) is 11.6 Å². The fraction of sp³-hybridized carbons (Fsp3) is 0.917. The molecule has 0 saturated heterocycles. The van der Waals surface area contributed by atoms with E-state index in [0.29, 0.717) is 12.6 Å². The van der Waals surface area contributed by atoms with Gasteiger partial charge in [-0.2, -0.15) is 11.8 Å². The van der Waals surface area contributed by atoms with Crippen molar-refractivity contribution in [3.63, 3.8) is 0 Å². The Kier molecular flexibility index (Phi) is 8.03. The van der Waals surface area contributed by atoms with E-state index in [1.807, 2.05) is 32.5 Å². The van der Waals surface area contributed by atoms with Crippen molar-refractivity contribution in [2.75, 3.05) is 25.2 Å². The molecule has 2 atom stereocenters. The summed E-state index contributed by atoms with van der Waals surface area (Å²) in [5.41, 5.74) is 4.88. The third kappa shape index (κ3) is 6.41. The lowest BCUT2D eigenvalue weighted by molar-refractivity contribution is -0.126. The van der Waals surface area contributed by atoms with Crippen LogP contribution in [0.4, 0.5) is 0 Å². The third-order valence-electron chi connectivity index (χ3n) is 2.78. The van der Waals surface area contributed by atoms with Gasteiger partial charge in [-0.15, -0.1) is 0 Å². The molecule has 0 bridgehead atoms. The molecule has 0 amide bonds. The molecular weight excluding hydrogens is 234 g/mol. The molecule has 4 N–H and O–H groups in total. The van der Waals surface area contributed by atoms with Crippen molar-refractivity contribution in [3.8, 4) is 0 Å². The first kappa shape index (κ1) is 16.9. The van der Waals surface area contributed by atoms with Crippen molar-refractivity contribution in [1.29, 1.82) is 0 Å². The fourth-order valence-corrected chi connectivity index (χ4v) is 2.36. The second-order valence-corrected chi connectivity index (χ2v) is 5.97. The summed E-state index contributed by atoms with van der Waals surface area (Å²) in [5.74, 6) is 1.82. The van der Waals surface area contributed by atoms with Crippen molar-refractivity contribution >= 4 is 17.5 Å². The van der Waals surface area contributed by atoms with E-state index in [1.165, 1.54) is 0 Å². The zero-order chi connectivity index (χ0) is 13.5. The molecule has 4 nitrogen and oxygen atoms in total. The molecule has 0 aromatic heterocycles. The van der Waals surface area contributed by atoms with Crippen molar-refractivity contribution in [2.45, 2.75) is 39.3 Å². The Morgan fingerprint density at radius 1 is 1.41 bits per heavy atom. The predicted molar refractivity (Wildman–Crippen MR) is 76.3 cm³/mol. The van der Waals surface area contributed by atoms with Crippen LogP contribution in [-0.2, 0) is 4.79 Å². The molecule has 2 unspecified atom stereocenters. The summed E-state index contributed by atoms with van der Waals surface area (Å²) in [6.07, 6.45) is 2.10. The Balaban J connectivity index is 4.21. The predicted octanol–water partition coefficient (Wildman–Crippen LogP) is 0.817. The number of carbonyl (C=O) groups is 1. The molecule has 0 spiro atoms. The number of ketones is 1. The molecule has 102 valence electrons. The Labute approximate surface area is 109 Å². The van der Waals surface area contributed by atoms with Gasteiger partial charge < -0.3 is 11.1 Å². The lowest BCUT2D eigenvalue weighted by atomic mass is 9.93. The minimum atomic E-state index is -0.506. The number of nitrogens with one attached hydrogen (secondary N) is 2. The van der Waals surface area contributed by atoms with Gasteiger partial charge in [0.15, 0.2) is 5.78 Å². The van der Waals surface area contributed by atoms with E-state index in [9.17, 15) is 4.79 Å². The molecule has 0 aliphatic carbocycles. The van der Waals surface area contributed by atoms with E-state index >= 15 is 0 Å². The van der Waals surface area contributed by atoms with E-state index in [1.54, 1.807) is 0 Å². The van der Waals surface area contributed by atoms with Gasteiger partial charge in [0.1, 0.15) is 0 Å². The fourth-order valence-electron chi connectivity index (χ4n) is 1.67. The van der Waals surface area contributed by atoms with Crippen LogP contribution in [0.25, 0.3) is 0 Å². The topological polar surface area (TPSA) is 67.2 Å². The number of hydrogen-bond donors (Lipinski definition) is 3. The number of thioether (sulfide) groups is 1. The standard InChI is InChI=1S/C12H27N3OS/c1-9(7-17-5)6-15-12(3,4)11(16)10(2)14-8-13/h9-10,14-15H,6-8,13H2,1-5H3. The second-order valence-electron chi connectivity index (χ2n) is 5.06. The maximum Gasteiger partial charge on any atom is 0.168 e. The summed E-state index contributed by atoms with van der Waals surface area (Å²) in [6, 6.07) is -0.210. The highest BCUT2D eigenvalue weighted by atomic mass is 32.2. The largest absolute Gasteiger partial charge is 0.318 e. The van der Waals surface area contributed by atoms with Gasteiger partial charge in [0.25, 0.3) is 0 Å². The highest BCUT2D eigenvalue weighted by Crippen LogP contribution is 2.10. The van der Waals surface area contributed by atoms with E-state index < -0.39 is 5.54 Å². The summed E-state index contributed by atoms with van der Waals surface area (Å²) in [4.78, 5) is 12.1. The second kappa shape index (κ2) is 8.08. The van der Waals surface area contributed by atoms with Crippen molar-refractivity contribution < 1.29 is 4.79 Å². The summed E-state index contributed by atoms with van der Waals surface area (Å²) < 4.78 is 0. The Morgan fingerprint density at radius 2 is 2.00 bits per heavy atom. The number of hydrogen-bond acceptors (Lipinski definition) is 5. The van der Waals surface area contributed by atoms with Crippen LogP contribution in [0.5, 0.6) is 0 Å². The molecule has 0 rings (SSSR count). The first-order valence-electron chi connectivity index (χ1n) is 6.06. The zero-order valence-electron chi connectivity index (χ0n) is 11.7. The number of carbonyl (C=O) groups excluding carboxylic acids is 1. The highest BCUT2D eigenvalue weighted by Gasteiger charge is 2.30. The minimum Gasteiger partial charge on any atom is -0.318 e. The Hall–Kier alpha value is -0.100. The number of Topliss-reactive ketones (excluding diaryl/α,β-unsaturated/α-hetero) is 1. The van der Waals surface area contributed by atoms with E-state index in [0.717, 1.165) is 12.3 Å². The van der Waals surface area contributed by atoms with Crippen LogP contribution in [0.3, 0.4) is 0 Å². The average molecular weight is 261 g/mol. The monoisotopic (exact) mass is 261 g/mol. The number of nitrogens with two attached hydrogens (primary N) is 1. The molecule has 0 aliphatic heterocycles. The van der Waals surface area contributed by atoms with Gasteiger partial charge in [-0.05, 0) is 45.2 Å². The van der Waals surface area contributed by atoms with Crippen molar-refractivity contribution in [3.05, 3.63) is 0 Å². The third-order valence-corrected chi connectivity index (χ3v) is 3.68. The van der Waals surface area contributed by atoms with E-state index in [4.69, 9.17) is 5.73 Å². The van der Waals surface area contributed by atoms with Crippen LogP contribution in [0.2, 0.25) is 0 Å². The molecule has 5 heteroatoms. The first-order valence-corrected chi connectivity index (χ1v) is 7.46. The van der Waals surface area contributed by atoms with Crippen LogP contribution < -0.4 is 16.4 Å². The molecule has 0 saturated carbocycles. The molecule has 0 fully saturated rings. The van der Waals surface area contributed by atoms with Gasteiger partial charge in [-0.3, -0.25) is 10.1 Å². The van der Waals surface area contributed by atoms with Gasteiger partial charge in [-0.25, -0.2) is 0 Å². The smallest absolute Gasteiger partial charge is 0.168 e. The lowest BCUT2D eigenvalue weighted by Gasteiger charge is -2.29. The average Bonchev–Trinajstić information content (AvgIpc) is 2.26. The van der Waals surface area contributed by atoms with Gasteiger partial charge in [0, 0.05) is 6.67 Å². The lowest BCUT2D eigenvalue weighted by Crippen LogP contribution is -2.55. The van der Waals surface area contributed by atoms with Crippen LogP contribution in [0.1, 0.15) is 27.7 Å². The molecule has 0 aromatic carbocycles. The van der Waals surface area contributed by atoms with Crippen molar-refractivity contribution in [2.24, 2.45) is 11.7 Å².